The molecule has 0 bridgehead atoms. The van der Waals surface area contributed by atoms with E-state index in [1.165, 1.54) is 6.07 Å². The number of aromatic hydroxyl groups is 1. The van der Waals surface area contributed by atoms with Crippen molar-refractivity contribution in [3.63, 3.8) is 0 Å². The van der Waals surface area contributed by atoms with Crippen molar-refractivity contribution in [3.8, 4) is 17.9 Å². The summed E-state index contributed by atoms with van der Waals surface area (Å²) in [6, 6.07) is 3.17. The summed E-state index contributed by atoms with van der Waals surface area (Å²) >= 11 is 0. The first-order chi connectivity index (χ1) is 7.11. The van der Waals surface area contributed by atoms with Crippen molar-refractivity contribution in [2.45, 2.75) is 12.8 Å². The third-order valence-electron chi connectivity index (χ3n) is 1.75. The monoisotopic (exact) mass is 209 g/mol. The number of halogens is 2. The molecule has 1 aromatic heterocycles. The Morgan fingerprint density at radius 3 is 2.60 bits per heavy atom. The number of nitriles is 2. The fourth-order valence-electron chi connectivity index (χ4n) is 1.04. The molecule has 0 aromatic carbocycles. The predicted molar refractivity (Wildman–Crippen MR) is 44.9 cm³/mol. The van der Waals surface area contributed by atoms with Crippen LogP contribution in [0.25, 0.3) is 0 Å². The van der Waals surface area contributed by atoms with E-state index in [4.69, 9.17) is 10.5 Å². The molecule has 0 unspecified atom stereocenters. The van der Waals surface area contributed by atoms with Gasteiger partial charge in [-0.3, -0.25) is 4.98 Å². The Bertz CT molecular complexity index is 460. The molecular weight excluding hydrogens is 204 g/mol. The van der Waals surface area contributed by atoms with E-state index in [1.54, 1.807) is 6.07 Å². The molecule has 0 saturated heterocycles. The number of alkyl halides is 2. The second-order valence-corrected chi connectivity index (χ2v) is 2.63. The molecule has 0 fully saturated rings. The van der Waals surface area contributed by atoms with Crippen LogP contribution in [-0.2, 0) is 6.42 Å². The first-order valence-corrected chi connectivity index (χ1v) is 3.87. The van der Waals surface area contributed by atoms with Gasteiger partial charge in [0.2, 0.25) is 0 Å². The van der Waals surface area contributed by atoms with Gasteiger partial charge in [0.25, 0.3) is 6.43 Å². The molecule has 4 nitrogen and oxygen atoms in total. The van der Waals surface area contributed by atoms with Gasteiger partial charge >= 0.3 is 0 Å². The number of rotatable bonds is 2. The largest absolute Gasteiger partial charge is 0.505 e. The van der Waals surface area contributed by atoms with Gasteiger partial charge in [-0.05, 0) is 0 Å². The average Bonchev–Trinajstić information content (AvgIpc) is 2.20. The van der Waals surface area contributed by atoms with Crippen molar-refractivity contribution in [1.82, 2.24) is 4.98 Å². The number of hydrogen-bond acceptors (Lipinski definition) is 4. The molecule has 0 aliphatic heterocycles. The Kier molecular flexibility index (Phi) is 3.14. The summed E-state index contributed by atoms with van der Waals surface area (Å²) in [6.45, 7) is 0. The maximum atomic E-state index is 12.3. The molecule has 0 radical (unpaired) electrons. The van der Waals surface area contributed by atoms with E-state index in [-0.39, 0.29) is 12.1 Å². The molecule has 6 heteroatoms. The normalized spacial score (nSPS) is 9.67. The smallest absolute Gasteiger partial charge is 0.266 e. The highest BCUT2D eigenvalue weighted by Crippen LogP contribution is 2.29. The highest BCUT2D eigenvalue weighted by molar-refractivity contribution is 5.50. The van der Waals surface area contributed by atoms with Crippen LogP contribution in [-0.4, -0.2) is 10.1 Å². The Hall–Kier alpha value is -2.21. The molecule has 1 heterocycles. The lowest BCUT2D eigenvalue weighted by Crippen LogP contribution is -1.98. The van der Waals surface area contributed by atoms with Gasteiger partial charge in [-0.2, -0.15) is 10.5 Å². The van der Waals surface area contributed by atoms with E-state index in [0.29, 0.717) is 0 Å². The highest BCUT2D eigenvalue weighted by atomic mass is 19.3. The zero-order valence-corrected chi connectivity index (χ0v) is 7.41. The summed E-state index contributed by atoms with van der Waals surface area (Å²) in [5.74, 6) is -0.642. The molecule has 0 aliphatic carbocycles. The Morgan fingerprint density at radius 2 is 2.13 bits per heavy atom. The Morgan fingerprint density at radius 1 is 1.47 bits per heavy atom. The Labute approximate surface area is 84.0 Å². The molecule has 76 valence electrons. The third-order valence-corrected chi connectivity index (χ3v) is 1.75. The number of nitrogens with zero attached hydrogens (tertiary/aromatic N) is 3. The van der Waals surface area contributed by atoms with Gasteiger partial charge in [0.15, 0.2) is 5.75 Å². The summed E-state index contributed by atoms with van der Waals surface area (Å²) in [7, 11) is 0. The van der Waals surface area contributed by atoms with Crippen molar-refractivity contribution in [3.05, 3.63) is 23.0 Å². The first-order valence-electron chi connectivity index (χ1n) is 3.87. The van der Waals surface area contributed by atoms with Gasteiger partial charge in [0, 0.05) is 6.20 Å². The summed E-state index contributed by atoms with van der Waals surface area (Å²) in [5.41, 5.74) is -1.22. The minimum atomic E-state index is -2.88. The van der Waals surface area contributed by atoms with Crippen LogP contribution in [0.2, 0.25) is 0 Å². The lowest BCUT2D eigenvalue weighted by molar-refractivity contribution is 0.150. The lowest BCUT2D eigenvalue weighted by Gasteiger charge is -2.06. The van der Waals surface area contributed by atoms with Crippen LogP contribution < -0.4 is 0 Å². The summed E-state index contributed by atoms with van der Waals surface area (Å²) in [6.07, 6.45) is -2.31. The molecule has 0 aliphatic rings. The highest BCUT2D eigenvalue weighted by Gasteiger charge is 2.19. The van der Waals surface area contributed by atoms with Crippen LogP contribution in [0.1, 0.15) is 23.2 Å². The van der Waals surface area contributed by atoms with E-state index in [9.17, 15) is 13.9 Å². The number of pyridine rings is 1. The average molecular weight is 209 g/mol. The van der Waals surface area contributed by atoms with Gasteiger partial charge in [0.1, 0.15) is 11.6 Å². The van der Waals surface area contributed by atoms with Crippen LogP contribution in [0.3, 0.4) is 0 Å². The fraction of sp³-hybridized carbons (Fsp3) is 0.222. The van der Waals surface area contributed by atoms with Gasteiger partial charge < -0.3 is 5.11 Å². The van der Waals surface area contributed by atoms with E-state index >= 15 is 0 Å². The quantitative estimate of drug-likeness (QED) is 0.803. The second kappa shape index (κ2) is 4.34. The van der Waals surface area contributed by atoms with E-state index < -0.39 is 23.3 Å². The van der Waals surface area contributed by atoms with Crippen LogP contribution in [0.15, 0.2) is 6.20 Å². The van der Waals surface area contributed by atoms with Crippen molar-refractivity contribution >= 4 is 0 Å². The van der Waals surface area contributed by atoms with E-state index in [0.717, 1.165) is 6.20 Å². The maximum Gasteiger partial charge on any atom is 0.266 e. The van der Waals surface area contributed by atoms with Gasteiger partial charge in [-0.15, -0.1) is 0 Å². The van der Waals surface area contributed by atoms with Crippen molar-refractivity contribution in [1.29, 1.82) is 10.5 Å². The van der Waals surface area contributed by atoms with Gasteiger partial charge in [-0.25, -0.2) is 8.78 Å². The summed E-state index contributed by atoms with van der Waals surface area (Å²) < 4.78 is 24.7. The second-order valence-electron chi connectivity index (χ2n) is 2.63. The van der Waals surface area contributed by atoms with Crippen LogP contribution in [0.5, 0.6) is 5.75 Å². The lowest BCUT2D eigenvalue weighted by atomic mass is 10.1. The topological polar surface area (TPSA) is 80.7 Å². The predicted octanol–water partition coefficient (Wildman–Crippen LogP) is 1.66. The molecule has 0 atom stereocenters. The molecule has 0 amide bonds. The van der Waals surface area contributed by atoms with Crippen LogP contribution >= 0.6 is 0 Å². The van der Waals surface area contributed by atoms with Crippen molar-refractivity contribution in [2.24, 2.45) is 0 Å². The summed E-state index contributed by atoms with van der Waals surface area (Å²) in [4.78, 5) is 3.49. The van der Waals surface area contributed by atoms with Crippen LogP contribution in [0, 0.1) is 22.7 Å². The summed E-state index contributed by atoms with van der Waals surface area (Å²) in [5, 5.41) is 26.3. The first kappa shape index (κ1) is 10.9. The SMILES string of the molecule is N#CCc1ncc(C(F)F)c(C#N)c1O. The van der Waals surface area contributed by atoms with Gasteiger partial charge in [-0.1, -0.05) is 0 Å². The zero-order chi connectivity index (χ0) is 11.4. The molecule has 1 aromatic rings. The maximum absolute atomic E-state index is 12.3. The third kappa shape index (κ3) is 2.00. The zero-order valence-electron chi connectivity index (χ0n) is 7.41. The number of hydrogen-bond donors (Lipinski definition) is 1. The van der Waals surface area contributed by atoms with Crippen molar-refractivity contribution in [2.75, 3.05) is 0 Å². The van der Waals surface area contributed by atoms with E-state index in [1.807, 2.05) is 0 Å². The fourth-order valence-corrected chi connectivity index (χ4v) is 1.04. The van der Waals surface area contributed by atoms with E-state index in [2.05, 4.69) is 4.98 Å². The standard InChI is InChI=1S/C9H5F2N3O/c10-9(11)6-4-14-7(1-2-12)8(15)5(6)3-13/h4,9,15H,1H2. The minimum Gasteiger partial charge on any atom is -0.505 e. The molecule has 1 rings (SSSR count). The molecule has 15 heavy (non-hydrogen) atoms. The van der Waals surface area contributed by atoms with Gasteiger partial charge in [0.05, 0.1) is 23.7 Å². The number of aromatic nitrogens is 1. The molecular formula is C9H5F2N3O. The molecule has 1 N–H and O–H groups in total. The molecule has 0 saturated carbocycles. The Balaban J connectivity index is 3.36. The minimum absolute atomic E-state index is 0.0709. The molecule has 0 spiro atoms. The van der Waals surface area contributed by atoms with Crippen molar-refractivity contribution < 1.29 is 13.9 Å². The van der Waals surface area contributed by atoms with Crippen LogP contribution in [0.4, 0.5) is 8.78 Å².